The number of nitrogens with zero attached hydrogens (tertiary/aromatic N) is 4. The van der Waals surface area contributed by atoms with E-state index in [4.69, 9.17) is 32.7 Å². The molecule has 3 heterocycles. The number of hydrogen-bond acceptors (Lipinski definition) is 8. The van der Waals surface area contributed by atoms with E-state index in [-0.39, 0.29) is 33.9 Å². The minimum absolute atomic E-state index is 0.0116. The molecule has 0 radical (unpaired) electrons. The summed E-state index contributed by atoms with van der Waals surface area (Å²) in [5, 5.41) is 1.40. The molecule has 0 aliphatic carbocycles. The maximum atomic E-state index is 12.8. The fourth-order valence-electron chi connectivity index (χ4n) is 2.41. The smallest absolute Gasteiger partial charge is 0.335 e. The molecule has 0 aromatic carbocycles. The molecule has 0 fully saturated rings. The van der Waals surface area contributed by atoms with Gasteiger partial charge in [-0.1, -0.05) is 23.2 Å². The fraction of sp³-hybridized carbons (Fsp3) is 0.250. The highest BCUT2D eigenvalue weighted by Gasteiger charge is 2.27. The minimum Gasteiger partial charge on any atom is -0.489 e. The first-order valence-corrected chi connectivity index (χ1v) is 10.6. The zero-order valence-corrected chi connectivity index (χ0v) is 18.2. The Morgan fingerprint density at radius 2 is 1.93 bits per heavy atom. The van der Waals surface area contributed by atoms with Crippen molar-refractivity contribution in [1.29, 1.82) is 0 Å². The molecule has 160 valence electrons. The van der Waals surface area contributed by atoms with Crippen molar-refractivity contribution in [1.82, 2.24) is 24.1 Å². The van der Waals surface area contributed by atoms with Crippen LogP contribution >= 0.6 is 23.2 Å². The van der Waals surface area contributed by atoms with Gasteiger partial charge in [0.25, 0.3) is 10.0 Å². The van der Waals surface area contributed by atoms with Gasteiger partial charge in [0.05, 0.1) is 19.4 Å². The van der Waals surface area contributed by atoms with E-state index in [1.807, 2.05) is 18.6 Å². The summed E-state index contributed by atoms with van der Waals surface area (Å²) in [5.41, 5.74) is 0.250. The van der Waals surface area contributed by atoms with Crippen molar-refractivity contribution >= 4 is 50.9 Å². The average Bonchev–Trinajstić information content (AvgIpc) is 2.95. The highest BCUT2D eigenvalue weighted by molar-refractivity contribution is 7.90. The molecule has 3 aromatic rings. The molecule has 0 saturated carbocycles. The highest BCUT2D eigenvalue weighted by Crippen LogP contribution is 2.25. The minimum atomic E-state index is -4.43. The zero-order chi connectivity index (χ0) is 22.1. The Hall–Kier alpha value is -2.83. The number of carbonyl (C=O) groups excluding carboxylic acids is 1. The molecule has 0 spiro atoms. The van der Waals surface area contributed by atoms with Gasteiger partial charge in [-0.25, -0.2) is 19.5 Å². The zero-order valence-electron chi connectivity index (χ0n) is 15.9. The van der Waals surface area contributed by atoms with Crippen LogP contribution in [0.4, 0.5) is 10.7 Å². The van der Waals surface area contributed by atoms with E-state index >= 15 is 0 Å². The number of sulfonamides is 1. The van der Waals surface area contributed by atoms with Crippen LogP contribution in [-0.4, -0.2) is 47.0 Å². The van der Waals surface area contributed by atoms with Crippen LogP contribution in [0.1, 0.15) is 13.8 Å². The summed E-state index contributed by atoms with van der Waals surface area (Å²) >= 11 is 11.8. The third kappa shape index (κ3) is 4.83. The molecule has 0 saturated heterocycles. The van der Waals surface area contributed by atoms with Crippen molar-refractivity contribution in [2.24, 2.45) is 0 Å². The summed E-state index contributed by atoms with van der Waals surface area (Å²) in [6.45, 7) is 3.64. The second-order valence-corrected chi connectivity index (χ2v) is 8.43. The number of amides is 2. The lowest BCUT2D eigenvalue weighted by Crippen LogP contribution is -2.35. The molecule has 30 heavy (non-hydrogen) atoms. The van der Waals surface area contributed by atoms with E-state index in [1.165, 1.54) is 29.8 Å². The van der Waals surface area contributed by atoms with Crippen LogP contribution in [0.25, 0.3) is 5.65 Å². The lowest BCUT2D eigenvalue weighted by Gasteiger charge is -2.11. The van der Waals surface area contributed by atoms with E-state index in [2.05, 4.69) is 20.3 Å². The number of nitrogens with one attached hydrogen (secondary N) is 2. The summed E-state index contributed by atoms with van der Waals surface area (Å²) in [4.78, 5) is 23.8. The van der Waals surface area contributed by atoms with Crippen molar-refractivity contribution in [3.05, 3.63) is 34.7 Å². The molecule has 0 aliphatic rings. The molecule has 0 unspecified atom stereocenters. The predicted molar refractivity (Wildman–Crippen MR) is 109 cm³/mol. The van der Waals surface area contributed by atoms with Gasteiger partial charge in [-0.05, 0) is 26.0 Å². The molecule has 0 atom stereocenters. The Balaban J connectivity index is 1.89. The summed E-state index contributed by atoms with van der Waals surface area (Å²) in [7, 11) is -3.09. The van der Waals surface area contributed by atoms with Crippen LogP contribution in [0.2, 0.25) is 10.3 Å². The number of pyridine rings is 1. The third-order valence-electron chi connectivity index (χ3n) is 3.47. The molecule has 0 bridgehead atoms. The molecule has 11 nitrogen and oxygen atoms in total. The molecule has 0 aliphatic heterocycles. The van der Waals surface area contributed by atoms with E-state index in [0.717, 1.165) is 0 Å². The molecular formula is C16H16Cl2N6O5S. The number of ether oxygens (including phenoxy) is 2. The second-order valence-electron chi connectivity index (χ2n) is 6.08. The van der Waals surface area contributed by atoms with E-state index in [9.17, 15) is 13.2 Å². The van der Waals surface area contributed by atoms with Crippen molar-refractivity contribution in [3.63, 3.8) is 0 Å². The first-order valence-electron chi connectivity index (χ1n) is 8.35. The van der Waals surface area contributed by atoms with Crippen molar-refractivity contribution in [3.8, 4) is 11.6 Å². The quantitative estimate of drug-likeness (QED) is 0.520. The maximum absolute atomic E-state index is 12.8. The van der Waals surface area contributed by atoms with Crippen molar-refractivity contribution in [2.45, 2.75) is 25.0 Å². The lowest BCUT2D eigenvalue weighted by atomic mass is 10.4. The first kappa shape index (κ1) is 21.9. The van der Waals surface area contributed by atoms with E-state index in [0.29, 0.717) is 5.75 Å². The fourth-order valence-corrected chi connectivity index (χ4v) is 4.13. The Morgan fingerprint density at radius 3 is 2.60 bits per heavy atom. The van der Waals surface area contributed by atoms with Crippen molar-refractivity contribution in [2.75, 3.05) is 12.4 Å². The summed E-state index contributed by atoms with van der Waals surface area (Å²) in [6.07, 6.45) is 1.27. The Morgan fingerprint density at radius 1 is 1.20 bits per heavy atom. The van der Waals surface area contributed by atoms with E-state index < -0.39 is 21.1 Å². The van der Waals surface area contributed by atoms with Crippen LogP contribution in [0.3, 0.4) is 0 Å². The van der Waals surface area contributed by atoms with E-state index in [1.54, 1.807) is 6.07 Å². The first-order chi connectivity index (χ1) is 14.1. The number of anilines is 1. The topological polar surface area (TPSA) is 137 Å². The number of hydrogen-bond donors (Lipinski definition) is 2. The number of aromatic nitrogens is 4. The van der Waals surface area contributed by atoms with Gasteiger partial charge in [-0.15, -0.1) is 0 Å². The predicted octanol–water partition coefficient (Wildman–Crippen LogP) is 2.74. The molecule has 14 heteroatoms. The van der Waals surface area contributed by atoms with Gasteiger partial charge in [0.15, 0.2) is 10.2 Å². The number of urea groups is 1. The maximum Gasteiger partial charge on any atom is 0.335 e. The van der Waals surface area contributed by atoms with Gasteiger partial charge in [0, 0.05) is 6.07 Å². The number of fused-ring (bicyclic) bond motifs is 1. The van der Waals surface area contributed by atoms with Gasteiger partial charge in [-0.3, -0.25) is 9.72 Å². The summed E-state index contributed by atoms with van der Waals surface area (Å²) < 4.78 is 39.1. The SMILES string of the molecule is COc1cc(Cl)nc(NC(=O)NS(=O)(=O)c2c(Cl)nc3ccc(OC(C)C)cn23)n1. The Kier molecular flexibility index (Phi) is 6.19. The Bertz CT molecular complexity index is 1210. The molecule has 2 N–H and O–H groups in total. The van der Waals surface area contributed by atoms with Gasteiger partial charge in [0.1, 0.15) is 16.5 Å². The number of rotatable bonds is 6. The van der Waals surface area contributed by atoms with Crippen LogP contribution in [0.5, 0.6) is 11.6 Å². The number of carbonyl (C=O) groups is 1. The summed E-state index contributed by atoms with van der Waals surface area (Å²) in [6, 6.07) is 3.34. The monoisotopic (exact) mass is 474 g/mol. The van der Waals surface area contributed by atoms with Crippen LogP contribution in [-0.2, 0) is 10.0 Å². The highest BCUT2D eigenvalue weighted by atomic mass is 35.5. The largest absolute Gasteiger partial charge is 0.489 e. The van der Waals surface area contributed by atoms with Crippen LogP contribution < -0.4 is 19.5 Å². The molecular weight excluding hydrogens is 459 g/mol. The van der Waals surface area contributed by atoms with Crippen molar-refractivity contribution < 1.29 is 22.7 Å². The second kappa shape index (κ2) is 8.50. The number of methoxy groups -OCH3 is 1. The summed E-state index contributed by atoms with van der Waals surface area (Å²) in [5.74, 6) is 0.214. The van der Waals surface area contributed by atoms with Crippen LogP contribution in [0, 0.1) is 0 Å². The molecule has 3 aromatic heterocycles. The normalized spacial score (nSPS) is 11.5. The van der Waals surface area contributed by atoms with Gasteiger partial charge in [0.2, 0.25) is 11.8 Å². The standard InChI is InChI=1S/C16H16Cl2N6O5S/c1-8(2)29-9-4-5-11-20-13(18)14(24(11)7-9)30(26,27)23-16(25)22-15-19-10(17)6-12(21-15)28-3/h4-8H,1-3H3,(H2,19,21,22,23,25). The van der Waals surface area contributed by atoms with Gasteiger partial charge >= 0.3 is 6.03 Å². The lowest BCUT2D eigenvalue weighted by molar-refractivity contribution is 0.241. The average molecular weight is 475 g/mol. The number of halogens is 2. The molecule has 2 amide bonds. The molecule has 3 rings (SSSR count). The third-order valence-corrected chi connectivity index (χ3v) is 5.39. The van der Waals surface area contributed by atoms with Crippen LogP contribution in [0.15, 0.2) is 29.4 Å². The van der Waals surface area contributed by atoms with Gasteiger partial charge < -0.3 is 9.47 Å². The number of imidazole rings is 1. The Labute approximate surface area is 181 Å². The van der Waals surface area contributed by atoms with Gasteiger partial charge in [-0.2, -0.15) is 13.4 Å².